The fourth-order valence-corrected chi connectivity index (χ4v) is 3.29. The lowest BCUT2D eigenvalue weighted by Gasteiger charge is -2.35. The van der Waals surface area contributed by atoms with Crippen molar-refractivity contribution in [2.75, 3.05) is 40.0 Å². The summed E-state index contributed by atoms with van der Waals surface area (Å²) in [5.41, 5.74) is 0.475. The normalized spacial score (nSPS) is 22.7. The Labute approximate surface area is 147 Å². The van der Waals surface area contributed by atoms with Crippen LogP contribution in [-0.2, 0) is 9.53 Å². The van der Waals surface area contributed by atoms with Crippen LogP contribution in [0, 0.1) is 11.3 Å². The van der Waals surface area contributed by atoms with E-state index in [0.717, 1.165) is 19.7 Å². The lowest BCUT2D eigenvalue weighted by Crippen LogP contribution is -2.50. The average Bonchev–Trinajstić information content (AvgIpc) is 3.12. The van der Waals surface area contributed by atoms with Crippen LogP contribution in [0.4, 0.5) is 0 Å². The van der Waals surface area contributed by atoms with E-state index < -0.39 is 0 Å². The van der Waals surface area contributed by atoms with Gasteiger partial charge in [-0.05, 0) is 31.5 Å². The number of nitriles is 1. The molecule has 2 atom stereocenters. The number of benzene rings is 1. The number of hydrogen-bond donors (Lipinski definition) is 1. The number of fused-ring (bicyclic) bond motifs is 1. The Morgan fingerprint density at radius 1 is 1.48 bits per heavy atom. The van der Waals surface area contributed by atoms with Gasteiger partial charge < -0.3 is 19.5 Å². The molecular weight excluding hydrogens is 322 g/mol. The van der Waals surface area contributed by atoms with E-state index in [4.69, 9.17) is 19.5 Å². The number of hydrogen-bond acceptors (Lipinski definition) is 6. The molecule has 0 saturated carbocycles. The van der Waals surface area contributed by atoms with Crippen molar-refractivity contribution in [3.05, 3.63) is 23.8 Å². The Bertz CT molecular complexity index is 658. The lowest BCUT2D eigenvalue weighted by atomic mass is 10.2. The van der Waals surface area contributed by atoms with Gasteiger partial charge in [-0.15, -0.1) is 0 Å². The van der Waals surface area contributed by atoms with Gasteiger partial charge in [-0.1, -0.05) is 0 Å². The summed E-state index contributed by atoms with van der Waals surface area (Å²) in [5, 5.41) is 11.7. The zero-order valence-corrected chi connectivity index (χ0v) is 14.4. The predicted octanol–water partition coefficient (Wildman–Crippen LogP) is 0.925. The number of carbonyl (C=O) groups excluding carboxylic acids is 1. The van der Waals surface area contributed by atoms with Crippen LogP contribution < -0.4 is 14.8 Å². The first-order chi connectivity index (χ1) is 12.2. The molecule has 134 valence electrons. The smallest absolute Gasteiger partial charge is 0.258 e. The van der Waals surface area contributed by atoms with Crippen LogP contribution in [0.1, 0.15) is 18.4 Å². The summed E-state index contributed by atoms with van der Waals surface area (Å²) in [7, 11) is 1.50. The Morgan fingerprint density at radius 3 is 3.16 bits per heavy atom. The molecule has 0 aromatic heterocycles. The highest BCUT2D eigenvalue weighted by molar-refractivity contribution is 5.77. The maximum Gasteiger partial charge on any atom is 0.258 e. The highest BCUT2D eigenvalue weighted by Gasteiger charge is 2.32. The third kappa shape index (κ3) is 4.41. The number of carbonyl (C=O) groups is 1. The van der Waals surface area contributed by atoms with E-state index >= 15 is 0 Å². The molecule has 0 unspecified atom stereocenters. The molecule has 0 aliphatic carbocycles. The second-order valence-electron chi connectivity index (χ2n) is 6.32. The van der Waals surface area contributed by atoms with Gasteiger partial charge in [0.1, 0.15) is 0 Å². The largest absolute Gasteiger partial charge is 0.493 e. The summed E-state index contributed by atoms with van der Waals surface area (Å²) in [6.07, 6.45) is 2.47. The topological polar surface area (TPSA) is 83.8 Å². The molecule has 0 bridgehead atoms. The van der Waals surface area contributed by atoms with Crippen LogP contribution in [0.2, 0.25) is 0 Å². The third-order valence-corrected chi connectivity index (χ3v) is 4.64. The fraction of sp³-hybridized carbons (Fsp3) is 0.556. The first-order valence-corrected chi connectivity index (χ1v) is 8.53. The second kappa shape index (κ2) is 8.19. The van der Waals surface area contributed by atoms with E-state index in [-0.39, 0.29) is 18.6 Å². The molecule has 0 spiro atoms. The van der Waals surface area contributed by atoms with Gasteiger partial charge in [-0.2, -0.15) is 5.26 Å². The van der Waals surface area contributed by atoms with Crippen molar-refractivity contribution < 1.29 is 19.0 Å². The number of rotatable bonds is 6. The highest BCUT2D eigenvalue weighted by Crippen LogP contribution is 2.27. The molecule has 2 heterocycles. The van der Waals surface area contributed by atoms with Crippen LogP contribution in [0.3, 0.4) is 0 Å². The van der Waals surface area contributed by atoms with E-state index in [2.05, 4.69) is 10.2 Å². The van der Waals surface area contributed by atoms with Gasteiger partial charge in [-0.25, -0.2) is 0 Å². The fourth-order valence-electron chi connectivity index (χ4n) is 3.29. The number of ether oxygens (including phenoxy) is 3. The molecule has 2 saturated heterocycles. The molecule has 7 nitrogen and oxygen atoms in total. The van der Waals surface area contributed by atoms with Gasteiger partial charge in [0.25, 0.3) is 5.91 Å². The molecular formula is C18H23N3O4. The standard InChI is InChI=1S/C18H23N3O4/c1-23-17-7-13(8-19)4-5-16(17)25-12-18(22)20-9-15-10-21-6-2-3-14(21)11-24-15/h4-5,7,14-15H,2-3,6,9-12H2,1H3,(H,20,22)/t14-,15+/m0/s1. The number of nitrogens with zero attached hydrogens (tertiary/aromatic N) is 2. The molecule has 3 rings (SSSR count). The zero-order chi connectivity index (χ0) is 17.6. The van der Waals surface area contributed by atoms with E-state index in [9.17, 15) is 4.79 Å². The summed E-state index contributed by atoms with van der Waals surface area (Å²) in [6, 6.07) is 7.42. The number of morpholine rings is 1. The third-order valence-electron chi connectivity index (χ3n) is 4.64. The van der Waals surface area contributed by atoms with E-state index in [1.54, 1.807) is 18.2 Å². The molecule has 1 amide bonds. The summed E-state index contributed by atoms with van der Waals surface area (Å²) in [4.78, 5) is 14.5. The minimum atomic E-state index is -0.210. The minimum Gasteiger partial charge on any atom is -0.493 e. The number of nitrogens with one attached hydrogen (secondary N) is 1. The number of methoxy groups -OCH3 is 1. The number of amides is 1. The van der Waals surface area contributed by atoms with Gasteiger partial charge in [0.2, 0.25) is 0 Å². The van der Waals surface area contributed by atoms with Crippen LogP contribution >= 0.6 is 0 Å². The van der Waals surface area contributed by atoms with Crippen LogP contribution in [-0.4, -0.2) is 62.9 Å². The van der Waals surface area contributed by atoms with Gasteiger partial charge >= 0.3 is 0 Å². The molecule has 1 aromatic rings. The van der Waals surface area contributed by atoms with Crippen molar-refractivity contribution in [2.24, 2.45) is 0 Å². The van der Waals surface area contributed by atoms with Crippen molar-refractivity contribution in [2.45, 2.75) is 25.0 Å². The van der Waals surface area contributed by atoms with Crippen molar-refractivity contribution in [1.82, 2.24) is 10.2 Å². The van der Waals surface area contributed by atoms with Crippen LogP contribution in [0.15, 0.2) is 18.2 Å². The maximum absolute atomic E-state index is 12.0. The predicted molar refractivity (Wildman–Crippen MR) is 90.5 cm³/mol. The average molecular weight is 345 g/mol. The van der Waals surface area contributed by atoms with Crippen molar-refractivity contribution in [3.63, 3.8) is 0 Å². The van der Waals surface area contributed by atoms with E-state index in [1.165, 1.54) is 20.0 Å². The molecule has 0 radical (unpaired) electrons. The zero-order valence-electron chi connectivity index (χ0n) is 14.4. The van der Waals surface area contributed by atoms with Crippen molar-refractivity contribution in [3.8, 4) is 17.6 Å². The molecule has 2 aliphatic heterocycles. The first-order valence-electron chi connectivity index (χ1n) is 8.53. The molecule has 1 aromatic carbocycles. The molecule has 7 heteroatoms. The van der Waals surface area contributed by atoms with Crippen molar-refractivity contribution >= 4 is 5.91 Å². The summed E-state index contributed by atoms with van der Waals surface area (Å²) in [5.74, 6) is 0.659. The lowest BCUT2D eigenvalue weighted by molar-refractivity contribution is -0.124. The SMILES string of the molecule is COc1cc(C#N)ccc1OCC(=O)NC[C@@H]1CN2CCC[C@H]2CO1. The van der Waals surface area contributed by atoms with Crippen LogP contribution in [0.25, 0.3) is 0 Å². The van der Waals surface area contributed by atoms with E-state index in [1.807, 2.05) is 6.07 Å². The monoisotopic (exact) mass is 345 g/mol. The molecule has 2 fully saturated rings. The molecule has 25 heavy (non-hydrogen) atoms. The van der Waals surface area contributed by atoms with Gasteiger partial charge in [0.15, 0.2) is 18.1 Å². The summed E-state index contributed by atoms with van der Waals surface area (Å²) in [6.45, 7) is 3.12. The molecule has 1 N–H and O–H groups in total. The van der Waals surface area contributed by atoms with E-state index in [0.29, 0.717) is 29.6 Å². The summed E-state index contributed by atoms with van der Waals surface area (Å²) >= 11 is 0. The quantitative estimate of drug-likeness (QED) is 0.826. The van der Waals surface area contributed by atoms with Gasteiger partial charge in [0, 0.05) is 25.2 Å². The Hall–Kier alpha value is -2.30. The highest BCUT2D eigenvalue weighted by atomic mass is 16.5. The van der Waals surface area contributed by atoms with Gasteiger partial charge in [0.05, 0.1) is 31.5 Å². The molecule has 2 aliphatic rings. The van der Waals surface area contributed by atoms with Crippen molar-refractivity contribution in [1.29, 1.82) is 5.26 Å². The van der Waals surface area contributed by atoms with Crippen LogP contribution in [0.5, 0.6) is 11.5 Å². The first kappa shape index (κ1) is 17.5. The van der Waals surface area contributed by atoms with Gasteiger partial charge in [-0.3, -0.25) is 9.69 Å². The maximum atomic E-state index is 12.0. The Kier molecular flexibility index (Phi) is 5.74. The Morgan fingerprint density at radius 2 is 2.36 bits per heavy atom. The summed E-state index contributed by atoms with van der Waals surface area (Å²) < 4.78 is 16.5. The second-order valence-corrected chi connectivity index (χ2v) is 6.32. The Balaban J connectivity index is 1.43. The minimum absolute atomic E-state index is 0.0303.